The van der Waals surface area contributed by atoms with Crippen molar-refractivity contribution in [1.82, 2.24) is 24.1 Å². The average Bonchev–Trinajstić information content (AvgIpc) is 0.736. The van der Waals surface area contributed by atoms with Crippen molar-refractivity contribution in [3.05, 3.63) is 324 Å². The van der Waals surface area contributed by atoms with E-state index in [1.165, 1.54) is 102 Å². The monoisotopic (exact) mass is 1280 g/mol. The first-order chi connectivity index (χ1) is 47.6. The number of benzene rings is 13. The second-order valence-electron chi connectivity index (χ2n) is 23.6. The molecule has 0 radical (unpaired) electrons. The number of nitrogens with zero attached hydrogens (tertiary/aromatic N) is 5. The zero-order valence-corrected chi connectivity index (χ0v) is 54.4. The van der Waals surface area contributed by atoms with Gasteiger partial charge in [0.2, 0.25) is 0 Å². The maximum absolute atomic E-state index is 13.7. The fourth-order valence-corrected chi connectivity index (χ4v) is 14.0. The summed E-state index contributed by atoms with van der Waals surface area (Å²) in [6.45, 7) is 0. The Morgan fingerprint density at radius 2 is 0.660 bits per heavy atom. The van der Waals surface area contributed by atoms with Gasteiger partial charge in [0.05, 0.1) is 29.2 Å². The van der Waals surface area contributed by atoms with Crippen molar-refractivity contribution < 1.29 is 21.1 Å². The van der Waals surface area contributed by atoms with Crippen LogP contribution in [0.5, 0.6) is 17.2 Å². The molecule has 0 aliphatic carbocycles. The lowest BCUT2D eigenvalue weighted by Crippen LogP contribution is -2.13. The van der Waals surface area contributed by atoms with Crippen molar-refractivity contribution in [2.75, 3.05) is 7.11 Å². The van der Waals surface area contributed by atoms with Crippen molar-refractivity contribution in [2.45, 2.75) is 0 Å². The average molecular weight is 1280 g/mol. The number of aromatic nitrogens is 5. The van der Waals surface area contributed by atoms with Crippen LogP contribution >= 0.6 is 0 Å². The first kappa shape index (κ1) is 61.1. The summed E-state index contributed by atoms with van der Waals surface area (Å²) in [5.74, 6) is 1.48. The highest BCUT2D eigenvalue weighted by molar-refractivity contribution is 6.23. The summed E-state index contributed by atoms with van der Waals surface area (Å²) in [5, 5.41) is 15.1. The van der Waals surface area contributed by atoms with Crippen molar-refractivity contribution in [2.24, 2.45) is 14.1 Å². The van der Waals surface area contributed by atoms with Gasteiger partial charge in [-0.1, -0.05) is 176 Å². The summed E-state index contributed by atoms with van der Waals surface area (Å²) in [4.78, 5) is 39.1. The largest absolute Gasteiger partial charge is 0.832 e. The summed E-state index contributed by atoms with van der Waals surface area (Å²) >= 11 is -1.24. The molecular weight excluding hydrogens is 1220 g/mol. The van der Waals surface area contributed by atoms with Gasteiger partial charge >= 0.3 is 15.9 Å². The number of hydrogen-bond donors (Lipinski definition) is 0. The molecule has 13 heteroatoms. The van der Waals surface area contributed by atoms with Gasteiger partial charge in [0.15, 0.2) is 10.9 Å². The Bertz CT molecular complexity index is 5850. The molecule has 0 unspecified atom stereocenters. The van der Waals surface area contributed by atoms with Crippen LogP contribution in [0.15, 0.2) is 301 Å². The molecule has 0 amide bonds. The number of rotatable bonds is 7. The summed E-state index contributed by atoms with van der Waals surface area (Å²) in [6, 6.07) is 89.5. The van der Waals surface area contributed by atoms with E-state index in [1.54, 1.807) is 61.1 Å². The van der Waals surface area contributed by atoms with E-state index in [1.807, 2.05) is 91.0 Å². The second-order valence-corrected chi connectivity index (χ2v) is 24.4. The minimum absolute atomic E-state index is 0.239. The van der Waals surface area contributed by atoms with E-state index in [4.69, 9.17) is 12.3 Å². The number of hydrogen-bond acceptors (Lipinski definition) is 8. The van der Waals surface area contributed by atoms with Gasteiger partial charge in [0.1, 0.15) is 45.4 Å². The van der Waals surface area contributed by atoms with Gasteiger partial charge < -0.3 is 21.4 Å². The zero-order valence-electron chi connectivity index (χ0n) is 53.0. The number of pyridine rings is 5. The Labute approximate surface area is 561 Å². The molecule has 0 saturated carbocycles. The van der Waals surface area contributed by atoms with Crippen molar-refractivity contribution in [3.8, 4) is 39.5 Å². The van der Waals surface area contributed by atoms with Crippen molar-refractivity contribution in [3.63, 3.8) is 0 Å². The van der Waals surface area contributed by atoms with Crippen LogP contribution in [0, 0.1) is 11.6 Å². The fraction of sp³-hybridized carbons (Fsp3) is 0.0357. The molecule has 18 rings (SSSR count). The molecule has 0 spiro atoms. The lowest BCUT2D eigenvalue weighted by Gasteiger charge is -2.18. The van der Waals surface area contributed by atoms with E-state index in [-0.39, 0.29) is 10.9 Å². The Morgan fingerprint density at radius 3 is 1.06 bits per heavy atom. The van der Waals surface area contributed by atoms with E-state index in [2.05, 4.69) is 148 Å². The first-order valence-electron chi connectivity index (χ1n) is 31.6. The quantitative estimate of drug-likeness (QED) is 0.115. The van der Waals surface area contributed by atoms with Crippen LogP contribution in [-0.2, 0) is 14.1 Å². The smallest absolute Gasteiger partial charge is 0.613 e. The fourth-order valence-electron chi connectivity index (χ4n) is 13.2. The summed E-state index contributed by atoms with van der Waals surface area (Å²) in [7, 11) is 5.12. The number of methoxy groups -OCH3 is 1. The highest BCUT2D eigenvalue weighted by atomic mass is 27.2. The molecule has 13 aromatic carbocycles. The summed E-state index contributed by atoms with van der Waals surface area (Å²) in [6.07, 6.45) is 5.31. The van der Waals surface area contributed by atoms with Gasteiger partial charge in [0.25, 0.3) is 0 Å². The molecule has 0 bridgehead atoms. The van der Waals surface area contributed by atoms with Crippen LogP contribution in [0.3, 0.4) is 0 Å². The van der Waals surface area contributed by atoms with Crippen molar-refractivity contribution in [1.29, 1.82) is 0 Å². The number of ether oxygens (including phenoxy) is 1. The minimum Gasteiger partial charge on any atom is -0.613 e. The Hall–Kier alpha value is -12.1. The highest BCUT2D eigenvalue weighted by Crippen LogP contribution is 2.45. The van der Waals surface area contributed by atoms with Crippen LogP contribution in [0.25, 0.3) is 142 Å². The maximum Gasteiger partial charge on any atom is 0.832 e. The molecular formula is C84H58AlF2N5O5. The summed E-state index contributed by atoms with van der Waals surface area (Å²) < 4.78 is 47.8. The third-order valence-electron chi connectivity index (χ3n) is 17.9. The Kier molecular flexibility index (Phi) is 16.6. The van der Waals surface area contributed by atoms with Crippen LogP contribution in [0.4, 0.5) is 8.78 Å². The molecule has 0 saturated heterocycles. The van der Waals surface area contributed by atoms with Crippen LogP contribution in [0.1, 0.15) is 0 Å². The normalized spacial score (nSPS) is 11.2. The standard InChI is InChI=1S/C34H22.C22H14F2N2O2.C10H9NO.2C9H7NO.Al.H/c1-3-11-25-21-27(19-17-23(25)9-1)33-29-13-5-7-15-31(29)34(32-16-8-6-14-30(32)33)28-20-18-24-10-2-4-12-26(24)22-28;1-25-17-7-11(23)3-5-13(17)21(27)15-10-20-16(9-19(15)25)22(28)14-6-4-12(24)8-18(14)26(20)2;1-12-9-6-2-4-8-5-3-7-11-10(8)9;2*11-8-5-1-3-7-4-2-6-10-9(7)8;;/h1-22H;3-10H,1-2H3;2-7H,1H3;2*1-6,11H;;/q;;;;;+2;/p-2. The van der Waals surface area contributed by atoms with Gasteiger partial charge in [-0.15, -0.1) is 0 Å². The molecule has 10 nitrogen and oxygen atoms in total. The molecule has 0 aliphatic rings. The predicted molar refractivity (Wildman–Crippen MR) is 394 cm³/mol. The molecule has 0 atom stereocenters. The van der Waals surface area contributed by atoms with E-state index in [0.717, 1.165) is 50.0 Å². The number of halogens is 2. The molecule has 18 aromatic rings. The van der Waals surface area contributed by atoms with Crippen LogP contribution < -0.4 is 23.2 Å². The molecule has 0 aliphatic heterocycles. The lowest BCUT2D eigenvalue weighted by atomic mass is 9.85. The van der Waals surface area contributed by atoms with Crippen LogP contribution in [-0.4, -0.2) is 47.1 Å². The second kappa shape index (κ2) is 26.3. The molecule has 0 N–H and O–H groups in total. The van der Waals surface area contributed by atoms with E-state index in [0.29, 0.717) is 43.6 Å². The topological polar surface area (TPSA) is 110 Å². The zero-order chi connectivity index (χ0) is 66.1. The Balaban J connectivity index is 0.000000111. The summed E-state index contributed by atoms with van der Waals surface area (Å²) in [5.41, 5.74) is 9.28. The van der Waals surface area contributed by atoms with Crippen LogP contribution in [0.2, 0.25) is 0 Å². The van der Waals surface area contributed by atoms with E-state index >= 15 is 0 Å². The maximum atomic E-state index is 13.7. The van der Waals surface area contributed by atoms with Gasteiger partial charge in [-0.05, 0) is 162 Å². The van der Waals surface area contributed by atoms with Gasteiger partial charge in [0, 0.05) is 70.4 Å². The third-order valence-corrected chi connectivity index (χ3v) is 18.8. The lowest BCUT2D eigenvalue weighted by molar-refractivity contribution is 0.419. The molecule has 97 heavy (non-hydrogen) atoms. The van der Waals surface area contributed by atoms with Crippen molar-refractivity contribution >= 4 is 135 Å². The minimum atomic E-state index is -1.24. The molecule has 5 aromatic heterocycles. The van der Waals surface area contributed by atoms with E-state index < -0.39 is 27.5 Å². The Morgan fingerprint density at radius 1 is 0.320 bits per heavy atom. The number of fused-ring (bicyclic) bond motifs is 11. The third kappa shape index (κ3) is 11.7. The van der Waals surface area contributed by atoms with Gasteiger partial charge in [-0.3, -0.25) is 24.5 Å². The van der Waals surface area contributed by atoms with Gasteiger partial charge in [-0.2, -0.15) is 0 Å². The highest BCUT2D eigenvalue weighted by Gasteiger charge is 2.19. The predicted octanol–water partition coefficient (Wildman–Crippen LogP) is 19.4. The number of para-hydroxylation sites is 3. The van der Waals surface area contributed by atoms with E-state index in [9.17, 15) is 18.4 Å². The molecule has 0 fully saturated rings. The van der Waals surface area contributed by atoms with Gasteiger partial charge in [-0.25, -0.2) is 8.78 Å². The first-order valence-corrected chi connectivity index (χ1v) is 32.8. The SMILES string of the molecule is COc1cccc2cccnc12.Cn1c2cc(F)ccc2c(=O)c2cc3c(cc21)c(=O)c1ccc(F)cc1n3C.c1ccc2cc(-c3c4ccccc4c(-c4ccc5ccccc5c4)c4ccccc34)ccc2c1.c1cnc2c([O][AlH][O]c3cccc4cccnc34)cccc2c1. The molecule has 466 valence electrons. The number of aryl methyl sites for hydroxylation is 2. The molecule has 5 heterocycles.